The molecule has 0 aromatic heterocycles. The molecular weight excluding hydrogens is 499 g/mol. The molecule has 1 saturated carbocycles. The Morgan fingerprint density at radius 3 is 2.38 bits per heavy atom. The van der Waals surface area contributed by atoms with Crippen molar-refractivity contribution in [3.05, 3.63) is 71.0 Å². The number of nitrogens with zero attached hydrogens (tertiary/aromatic N) is 2. The van der Waals surface area contributed by atoms with Crippen LogP contribution in [0.5, 0.6) is 0 Å². The first-order valence-corrected chi connectivity index (χ1v) is 15.7. The van der Waals surface area contributed by atoms with Crippen LogP contribution in [-0.2, 0) is 11.2 Å². The van der Waals surface area contributed by atoms with Crippen molar-refractivity contribution < 1.29 is 14.3 Å². The van der Waals surface area contributed by atoms with Crippen molar-refractivity contribution in [2.24, 2.45) is 23.2 Å². The van der Waals surface area contributed by atoms with Crippen molar-refractivity contribution >= 4 is 5.97 Å². The second-order valence-electron chi connectivity index (χ2n) is 14.0. The Kier molecular flexibility index (Phi) is 9.31. The predicted octanol–water partition coefficient (Wildman–Crippen LogP) is 7.16. The summed E-state index contributed by atoms with van der Waals surface area (Å²) in [6.07, 6.45) is 9.07. The minimum absolute atomic E-state index is 0.166. The number of carboxylic acids is 1. The molecule has 0 bridgehead atoms. The summed E-state index contributed by atoms with van der Waals surface area (Å²) in [4.78, 5) is 17.3. The maximum Gasteiger partial charge on any atom is 0.320 e. The maximum atomic E-state index is 13.3. The molecule has 2 saturated heterocycles. The molecule has 218 valence electrons. The van der Waals surface area contributed by atoms with Gasteiger partial charge in [-0.15, -0.1) is 0 Å². The van der Waals surface area contributed by atoms with Gasteiger partial charge in [0.1, 0.15) is 11.9 Å². The maximum absolute atomic E-state index is 13.3. The summed E-state index contributed by atoms with van der Waals surface area (Å²) in [6, 6.07) is 15.5. The van der Waals surface area contributed by atoms with Crippen LogP contribution < -0.4 is 0 Å². The van der Waals surface area contributed by atoms with Crippen LogP contribution in [0, 0.1) is 35.9 Å². The van der Waals surface area contributed by atoms with Gasteiger partial charge in [0.05, 0.1) is 0 Å². The number of carbonyl (C=O) groups is 1. The standard InChI is InChI=1S/C35H49FN2O2/c1-25-6-4-9-29(18-25)32-24-38(33(34(39)40)19-26-7-5-8-26)23-30(32)22-37-16-14-28(15-17-37)21-35(2,3)20-27-10-12-31(36)13-11-27/h4,6,9-13,18,26,28,30,32-33H,5,7-8,14-17,19-24H2,1-3H3,(H,39,40)/t30-,32+,33+/m0/s1. The highest BCUT2D eigenvalue weighted by atomic mass is 19.1. The Bertz CT molecular complexity index is 1120. The summed E-state index contributed by atoms with van der Waals surface area (Å²) in [5, 5.41) is 10.2. The van der Waals surface area contributed by atoms with Gasteiger partial charge in [0.2, 0.25) is 0 Å². The highest BCUT2D eigenvalue weighted by molar-refractivity contribution is 5.73. The molecule has 0 radical (unpaired) electrons. The van der Waals surface area contributed by atoms with Crippen LogP contribution in [0.25, 0.3) is 0 Å². The van der Waals surface area contributed by atoms with Gasteiger partial charge in [-0.1, -0.05) is 75.1 Å². The Morgan fingerprint density at radius 1 is 1.02 bits per heavy atom. The number of likely N-dealkylation sites (tertiary alicyclic amines) is 2. The first kappa shape index (κ1) is 29.3. The van der Waals surface area contributed by atoms with E-state index < -0.39 is 5.97 Å². The fourth-order valence-electron chi connectivity index (χ4n) is 7.79. The number of halogens is 1. The number of rotatable bonds is 11. The van der Waals surface area contributed by atoms with Crippen molar-refractivity contribution in [3.8, 4) is 0 Å². The lowest BCUT2D eigenvalue weighted by molar-refractivity contribution is -0.144. The molecule has 2 aliphatic heterocycles. The molecule has 3 atom stereocenters. The highest BCUT2D eigenvalue weighted by Gasteiger charge is 2.41. The number of aliphatic carboxylic acids is 1. The number of hydrogen-bond acceptors (Lipinski definition) is 3. The summed E-state index contributed by atoms with van der Waals surface area (Å²) in [7, 11) is 0. The van der Waals surface area contributed by atoms with E-state index >= 15 is 0 Å². The lowest BCUT2D eigenvalue weighted by Crippen LogP contribution is -2.43. The summed E-state index contributed by atoms with van der Waals surface area (Å²) in [5.74, 6) is 1.34. The van der Waals surface area contributed by atoms with Crippen molar-refractivity contribution in [2.75, 3.05) is 32.7 Å². The van der Waals surface area contributed by atoms with Crippen LogP contribution in [0.3, 0.4) is 0 Å². The second-order valence-corrected chi connectivity index (χ2v) is 14.0. The summed E-state index contributed by atoms with van der Waals surface area (Å²) in [5.41, 5.74) is 4.06. The van der Waals surface area contributed by atoms with Crippen LogP contribution >= 0.6 is 0 Å². The fraction of sp³-hybridized carbons (Fsp3) is 0.629. The quantitative estimate of drug-likeness (QED) is 0.323. The molecule has 40 heavy (non-hydrogen) atoms. The van der Waals surface area contributed by atoms with Gasteiger partial charge in [-0.25, -0.2) is 4.39 Å². The van der Waals surface area contributed by atoms with Crippen LogP contribution in [-0.4, -0.2) is 59.6 Å². The summed E-state index contributed by atoms with van der Waals surface area (Å²) in [6.45, 7) is 11.9. The lowest BCUT2D eigenvalue weighted by Gasteiger charge is -2.38. The average molecular weight is 549 g/mol. The number of carboxylic acid groups (broad SMARTS) is 1. The van der Waals surface area contributed by atoms with Gasteiger partial charge in [-0.05, 0) is 98.5 Å². The van der Waals surface area contributed by atoms with Crippen LogP contribution in [0.4, 0.5) is 4.39 Å². The Hall–Kier alpha value is -2.24. The number of hydrogen-bond donors (Lipinski definition) is 1. The zero-order valence-corrected chi connectivity index (χ0v) is 24.8. The van der Waals surface area contributed by atoms with Gasteiger partial charge < -0.3 is 10.0 Å². The normalized spacial score (nSPS) is 24.2. The van der Waals surface area contributed by atoms with Gasteiger partial charge in [0.15, 0.2) is 0 Å². The third-order valence-electron chi connectivity index (χ3n) is 10.1. The molecule has 4 nitrogen and oxygen atoms in total. The molecule has 5 heteroatoms. The van der Waals surface area contributed by atoms with Crippen LogP contribution in [0.2, 0.25) is 0 Å². The first-order chi connectivity index (χ1) is 19.1. The smallest absolute Gasteiger partial charge is 0.320 e. The first-order valence-electron chi connectivity index (χ1n) is 15.7. The van der Waals surface area contributed by atoms with E-state index in [9.17, 15) is 14.3 Å². The molecular formula is C35H49FN2O2. The van der Waals surface area contributed by atoms with Gasteiger partial charge >= 0.3 is 5.97 Å². The fourth-order valence-corrected chi connectivity index (χ4v) is 7.79. The van der Waals surface area contributed by atoms with E-state index in [4.69, 9.17) is 0 Å². The lowest BCUT2D eigenvalue weighted by atomic mass is 9.75. The van der Waals surface area contributed by atoms with Gasteiger partial charge in [-0.3, -0.25) is 9.69 Å². The highest BCUT2D eigenvalue weighted by Crippen LogP contribution is 2.39. The van der Waals surface area contributed by atoms with Crippen LogP contribution in [0.1, 0.15) is 81.4 Å². The SMILES string of the molecule is Cc1cccc([C@H]2CN([C@H](CC3CCC3)C(=O)O)C[C@@H]2CN2CCC(CC(C)(C)Cc3ccc(F)cc3)CC2)c1. The molecule has 3 aliphatic rings. The molecule has 0 spiro atoms. The monoisotopic (exact) mass is 548 g/mol. The third kappa shape index (κ3) is 7.53. The average Bonchev–Trinajstić information content (AvgIpc) is 3.28. The summed E-state index contributed by atoms with van der Waals surface area (Å²) < 4.78 is 13.3. The van der Waals surface area contributed by atoms with E-state index in [0.29, 0.717) is 17.8 Å². The Balaban J connectivity index is 1.19. The van der Waals surface area contributed by atoms with Gasteiger partial charge in [-0.2, -0.15) is 0 Å². The van der Waals surface area contributed by atoms with E-state index in [-0.39, 0.29) is 17.3 Å². The molecule has 2 aromatic carbocycles. The van der Waals surface area contributed by atoms with Crippen molar-refractivity contribution in [1.29, 1.82) is 0 Å². The van der Waals surface area contributed by atoms with E-state index in [1.165, 1.54) is 55.2 Å². The molecule has 0 amide bonds. The second kappa shape index (κ2) is 12.7. The third-order valence-corrected chi connectivity index (χ3v) is 10.1. The van der Waals surface area contributed by atoms with Crippen LogP contribution in [0.15, 0.2) is 48.5 Å². The minimum atomic E-state index is -0.639. The number of benzene rings is 2. The topological polar surface area (TPSA) is 43.8 Å². The van der Waals surface area contributed by atoms with Crippen molar-refractivity contribution in [1.82, 2.24) is 9.80 Å². The van der Waals surface area contributed by atoms with Gasteiger partial charge in [0, 0.05) is 25.6 Å². The van der Waals surface area contributed by atoms with E-state index in [1.54, 1.807) is 12.1 Å². The number of aryl methyl sites for hydroxylation is 1. The number of piperidine rings is 1. The van der Waals surface area contributed by atoms with Gasteiger partial charge in [0.25, 0.3) is 0 Å². The Labute approximate surface area is 241 Å². The molecule has 1 N–H and O–H groups in total. The van der Waals surface area contributed by atoms with E-state index in [1.807, 2.05) is 12.1 Å². The zero-order valence-electron chi connectivity index (χ0n) is 24.8. The predicted molar refractivity (Wildman–Crippen MR) is 160 cm³/mol. The van der Waals surface area contributed by atoms with E-state index in [0.717, 1.165) is 51.5 Å². The van der Waals surface area contributed by atoms with Crippen molar-refractivity contribution in [3.63, 3.8) is 0 Å². The minimum Gasteiger partial charge on any atom is -0.480 e. The summed E-state index contributed by atoms with van der Waals surface area (Å²) >= 11 is 0. The molecule has 1 aliphatic carbocycles. The molecule has 0 unspecified atom stereocenters. The largest absolute Gasteiger partial charge is 0.480 e. The Morgan fingerprint density at radius 2 is 1.75 bits per heavy atom. The van der Waals surface area contributed by atoms with E-state index in [2.05, 4.69) is 54.8 Å². The van der Waals surface area contributed by atoms with Crippen molar-refractivity contribution in [2.45, 2.75) is 84.1 Å². The molecule has 3 fully saturated rings. The molecule has 2 aromatic rings. The molecule has 5 rings (SSSR count). The zero-order chi connectivity index (χ0) is 28.3. The molecule has 2 heterocycles.